The Morgan fingerprint density at radius 3 is 2.58 bits per heavy atom. The van der Waals surface area contributed by atoms with Crippen molar-refractivity contribution >= 4 is 17.3 Å². The molecule has 5 rings (SSSR count). The summed E-state index contributed by atoms with van der Waals surface area (Å²) in [6, 6.07) is 7.75. The zero-order chi connectivity index (χ0) is 27.1. The zero-order valence-corrected chi connectivity index (χ0v) is 20.4. The van der Waals surface area contributed by atoms with Crippen molar-refractivity contribution in [2.45, 2.75) is 43.8 Å². The lowest BCUT2D eigenvalue weighted by atomic mass is 10.2. The highest BCUT2D eigenvalue weighted by molar-refractivity contribution is 6.30. The van der Waals surface area contributed by atoms with Gasteiger partial charge in [-0.1, -0.05) is 11.6 Å². The van der Waals surface area contributed by atoms with E-state index in [0.29, 0.717) is 41.3 Å². The van der Waals surface area contributed by atoms with E-state index < -0.39 is 30.1 Å². The fraction of sp³-hybridized carbons (Fsp3) is 0.348. The number of pyridine rings is 1. The van der Waals surface area contributed by atoms with Crippen LogP contribution >= 0.6 is 11.6 Å². The first-order chi connectivity index (χ1) is 18.0. The fourth-order valence-corrected chi connectivity index (χ4v) is 3.84. The fourth-order valence-electron chi connectivity index (χ4n) is 3.72. The van der Waals surface area contributed by atoms with E-state index in [1.165, 1.54) is 35.3 Å². The van der Waals surface area contributed by atoms with Crippen molar-refractivity contribution in [1.82, 2.24) is 34.1 Å². The maximum absolute atomic E-state index is 13.1. The van der Waals surface area contributed by atoms with E-state index in [0.717, 1.165) is 9.25 Å². The Labute approximate surface area is 218 Å². The number of aromatic nitrogens is 7. The topological polar surface area (TPSA) is 136 Å². The molecule has 0 spiro atoms. The number of aliphatic hydroxyl groups excluding tert-OH is 1. The maximum atomic E-state index is 13.1. The number of halogens is 4. The van der Waals surface area contributed by atoms with E-state index >= 15 is 0 Å². The second kappa shape index (κ2) is 9.85. The van der Waals surface area contributed by atoms with Gasteiger partial charge in [-0.2, -0.15) is 13.2 Å². The first-order valence-corrected chi connectivity index (χ1v) is 11.9. The van der Waals surface area contributed by atoms with E-state index in [4.69, 9.17) is 11.6 Å². The Balaban J connectivity index is 1.43. The molecule has 1 saturated carbocycles. The van der Waals surface area contributed by atoms with Crippen LogP contribution in [-0.2, 0) is 13.1 Å². The normalized spacial score (nSPS) is 15.4. The van der Waals surface area contributed by atoms with Crippen LogP contribution in [0, 0.1) is 0 Å². The van der Waals surface area contributed by atoms with Crippen LogP contribution in [0.5, 0.6) is 0 Å². The van der Waals surface area contributed by atoms with Crippen molar-refractivity contribution in [2.75, 3.05) is 11.9 Å². The van der Waals surface area contributed by atoms with Gasteiger partial charge in [0.25, 0.3) is 0 Å². The Morgan fingerprint density at radius 2 is 1.89 bits per heavy atom. The molecule has 1 unspecified atom stereocenters. The highest BCUT2D eigenvalue weighted by Gasteiger charge is 2.40. The largest absolute Gasteiger partial charge is 0.416 e. The van der Waals surface area contributed by atoms with Gasteiger partial charge in [-0.3, -0.25) is 9.55 Å². The molecule has 3 N–H and O–H groups in total. The highest BCUT2D eigenvalue weighted by Crippen LogP contribution is 2.35. The number of anilines is 1. The lowest BCUT2D eigenvalue weighted by molar-refractivity contribution is -0.207. The van der Waals surface area contributed by atoms with Gasteiger partial charge in [-0.25, -0.2) is 19.1 Å². The van der Waals surface area contributed by atoms with Gasteiger partial charge in [0.1, 0.15) is 18.6 Å². The summed E-state index contributed by atoms with van der Waals surface area (Å²) in [4.78, 5) is 21.4. The van der Waals surface area contributed by atoms with Crippen molar-refractivity contribution in [1.29, 1.82) is 0 Å². The van der Waals surface area contributed by atoms with Crippen molar-refractivity contribution in [3.63, 3.8) is 0 Å². The highest BCUT2D eigenvalue weighted by atomic mass is 35.5. The van der Waals surface area contributed by atoms with E-state index in [2.05, 4.69) is 25.5 Å². The predicted molar refractivity (Wildman–Crippen MR) is 130 cm³/mol. The van der Waals surface area contributed by atoms with Crippen LogP contribution in [0.3, 0.4) is 0 Å². The third kappa shape index (κ3) is 5.56. The number of rotatable bonds is 9. The quantitative estimate of drug-likeness (QED) is 0.289. The van der Waals surface area contributed by atoms with E-state index in [-0.39, 0.29) is 18.2 Å². The third-order valence-corrected chi connectivity index (χ3v) is 6.32. The number of nitrogens with zero attached hydrogens (tertiary/aromatic N) is 7. The molecule has 4 aromatic rings. The number of alkyl halides is 3. The van der Waals surface area contributed by atoms with Crippen molar-refractivity contribution in [2.24, 2.45) is 0 Å². The molecule has 1 aliphatic rings. The zero-order valence-electron chi connectivity index (χ0n) is 19.7. The van der Waals surface area contributed by atoms with Crippen LogP contribution in [0.4, 0.5) is 18.9 Å². The average molecular weight is 551 g/mol. The van der Waals surface area contributed by atoms with E-state index in [1.54, 1.807) is 18.5 Å². The second-order valence-corrected chi connectivity index (χ2v) is 9.45. The lowest BCUT2D eigenvalue weighted by Gasteiger charge is -2.15. The molecule has 1 aromatic carbocycles. The summed E-state index contributed by atoms with van der Waals surface area (Å²) < 4.78 is 42.3. The summed E-state index contributed by atoms with van der Waals surface area (Å²) >= 11 is 5.91. The summed E-state index contributed by atoms with van der Waals surface area (Å²) in [6.07, 6.45) is -1.73. The summed E-state index contributed by atoms with van der Waals surface area (Å²) in [5, 5.41) is 31.9. The molecule has 0 aliphatic heterocycles. The summed E-state index contributed by atoms with van der Waals surface area (Å²) in [6.45, 7) is -0.931. The van der Waals surface area contributed by atoms with Gasteiger partial charge in [0.2, 0.25) is 0 Å². The average Bonchev–Trinajstić information content (AvgIpc) is 3.31. The Morgan fingerprint density at radius 1 is 1.16 bits per heavy atom. The molecule has 3 heterocycles. The van der Waals surface area contributed by atoms with Gasteiger partial charge in [0.05, 0.1) is 24.0 Å². The smallest absolute Gasteiger partial charge is 0.388 e. The number of nitrogens with one attached hydrogen (secondary N) is 1. The maximum Gasteiger partial charge on any atom is 0.416 e. The molecule has 0 saturated heterocycles. The third-order valence-electron chi connectivity index (χ3n) is 6.07. The van der Waals surface area contributed by atoms with Gasteiger partial charge in [0.15, 0.2) is 17.8 Å². The number of hydrogen-bond acceptors (Lipinski definition) is 8. The number of aliphatic hydroxyl groups is 2. The van der Waals surface area contributed by atoms with Crippen LogP contribution in [0.25, 0.3) is 17.1 Å². The predicted octanol–water partition coefficient (Wildman–Crippen LogP) is 2.25. The minimum Gasteiger partial charge on any atom is -0.388 e. The first-order valence-electron chi connectivity index (χ1n) is 11.5. The molecule has 1 atom stereocenters. The van der Waals surface area contributed by atoms with Gasteiger partial charge < -0.3 is 15.5 Å². The van der Waals surface area contributed by atoms with Crippen LogP contribution in [0.15, 0.2) is 53.8 Å². The SMILES string of the molecule is O=c1n(Cc2ncn(-c3cnccc3NCC3(O)CC3)n2)nc(-c2ccc(Cl)cc2)n1CC(O)C(F)(F)F. The molecule has 38 heavy (non-hydrogen) atoms. The van der Waals surface area contributed by atoms with Crippen LogP contribution in [0.2, 0.25) is 5.02 Å². The van der Waals surface area contributed by atoms with Crippen LogP contribution in [-0.4, -0.2) is 68.7 Å². The molecular formula is C23H22ClF3N8O3. The molecule has 0 amide bonds. The molecular weight excluding hydrogens is 529 g/mol. The molecule has 3 aromatic heterocycles. The molecule has 1 aliphatic carbocycles. The van der Waals surface area contributed by atoms with Crippen molar-refractivity contribution < 1.29 is 23.4 Å². The minimum absolute atomic E-state index is 0.0776. The second-order valence-electron chi connectivity index (χ2n) is 9.01. The molecule has 15 heteroatoms. The number of benzene rings is 1. The lowest BCUT2D eigenvalue weighted by Crippen LogP contribution is -2.37. The molecule has 1 fully saturated rings. The van der Waals surface area contributed by atoms with Crippen LogP contribution < -0.4 is 11.0 Å². The van der Waals surface area contributed by atoms with Gasteiger partial charge in [0, 0.05) is 23.3 Å². The molecule has 0 radical (unpaired) electrons. The van der Waals surface area contributed by atoms with E-state index in [9.17, 15) is 28.2 Å². The first kappa shape index (κ1) is 25.9. The van der Waals surface area contributed by atoms with Gasteiger partial charge in [-0.05, 0) is 43.2 Å². The molecule has 200 valence electrons. The Kier molecular flexibility index (Phi) is 6.71. The minimum atomic E-state index is -4.93. The standard InChI is InChI=1S/C23H22ClF3N8O3/c24-15-3-1-14(2-4-15)20-32-34(21(37)33(20)10-18(36)23(25,26)27)11-19-30-13-35(31-19)17-9-28-8-5-16(17)29-12-22(38)6-7-22/h1-5,8-9,13,18,36,38H,6-7,10-12H2,(H,28,29). The van der Waals surface area contributed by atoms with Crippen molar-refractivity contribution in [3.05, 3.63) is 70.4 Å². The summed E-state index contributed by atoms with van der Waals surface area (Å²) in [7, 11) is 0. The number of hydrogen-bond donors (Lipinski definition) is 3. The molecule has 0 bridgehead atoms. The summed E-state index contributed by atoms with van der Waals surface area (Å²) in [5.41, 5.74) is -0.0688. The van der Waals surface area contributed by atoms with Gasteiger partial charge >= 0.3 is 11.9 Å². The van der Waals surface area contributed by atoms with Crippen molar-refractivity contribution in [3.8, 4) is 17.1 Å². The molecule has 11 nitrogen and oxygen atoms in total. The Hall–Kier alpha value is -3.75. The van der Waals surface area contributed by atoms with Crippen LogP contribution in [0.1, 0.15) is 18.7 Å². The summed E-state index contributed by atoms with van der Waals surface area (Å²) in [5.74, 6) is 0.0811. The van der Waals surface area contributed by atoms with E-state index in [1.807, 2.05) is 0 Å². The van der Waals surface area contributed by atoms with Gasteiger partial charge in [-0.15, -0.1) is 10.2 Å². The Bertz CT molecular complexity index is 1490. The monoisotopic (exact) mass is 550 g/mol.